The minimum Gasteiger partial charge on any atom is -0.493 e. The van der Waals surface area contributed by atoms with E-state index in [0.717, 1.165) is 0 Å². The normalized spacial score (nSPS) is 13.2. The van der Waals surface area contributed by atoms with Crippen LogP contribution >= 0.6 is 0 Å². The first-order valence-corrected chi connectivity index (χ1v) is 9.68. The number of ether oxygens (including phenoxy) is 4. The highest BCUT2D eigenvalue weighted by atomic mass is 16.7. The van der Waals surface area contributed by atoms with Crippen LogP contribution in [0.4, 0.5) is 0 Å². The van der Waals surface area contributed by atoms with Gasteiger partial charge < -0.3 is 24.3 Å². The van der Waals surface area contributed by atoms with E-state index in [9.17, 15) is 9.59 Å². The van der Waals surface area contributed by atoms with Gasteiger partial charge in [-0.05, 0) is 47.9 Å². The highest BCUT2D eigenvalue weighted by molar-refractivity contribution is 5.98. The first kappa shape index (κ1) is 21.9. The lowest BCUT2D eigenvalue weighted by Crippen LogP contribution is -2.48. The number of rotatable bonds is 8. The van der Waals surface area contributed by atoms with Crippen LogP contribution in [-0.2, 0) is 4.79 Å². The Morgan fingerprint density at radius 3 is 2.48 bits per heavy atom. The first-order chi connectivity index (χ1) is 14.9. The number of hydrogen-bond donors (Lipinski definition) is 2. The number of carbonyl (C=O) groups is 2. The third kappa shape index (κ3) is 5.25. The van der Waals surface area contributed by atoms with E-state index in [-0.39, 0.29) is 12.7 Å². The zero-order valence-electron chi connectivity index (χ0n) is 17.8. The van der Waals surface area contributed by atoms with E-state index in [1.165, 1.54) is 13.3 Å². The number of carbonyl (C=O) groups excluding carboxylic acids is 2. The van der Waals surface area contributed by atoms with Gasteiger partial charge in [0.2, 0.25) is 6.79 Å². The van der Waals surface area contributed by atoms with Gasteiger partial charge >= 0.3 is 0 Å². The largest absolute Gasteiger partial charge is 0.493 e. The summed E-state index contributed by atoms with van der Waals surface area (Å²) >= 11 is 0. The van der Waals surface area contributed by atoms with Gasteiger partial charge in [-0.1, -0.05) is 13.8 Å². The summed E-state index contributed by atoms with van der Waals surface area (Å²) in [7, 11) is 3.09. The molecule has 0 saturated carbocycles. The van der Waals surface area contributed by atoms with Gasteiger partial charge in [-0.15, -0.1) is 0 Å². The first-order valence-electron chi connectivity index (χ1n) is 9.68. The molecule has 0 fully saturated rings. The van der Waals surface area contributed by atoms with E-state index in [4.69, 9.17) is 18.9 Å². The molecular weight excluding hydrogens is 402 g/mol. The van der Waals surface area contributed by atoms with Gasteiger partial charge in [0.05, 0.1) is 20.4 Å². The summed E-state index contributed by atoms with van der Waals surface area (Å²) in [4.78, 5) is 25.3. The number of nitrogens with zero attached hydrogens (tertiary/aromatic N) is 1. The second-order valence-corrected chi connectivity index (χ2v) is 7.11. The quantitative estimate of drug-likeness (QED) is 0.495. The molecule has 0 radical (unpaired) electrons. The van der Waals surface area contributed by atoms with Crippen LogP contribution in [-0.4, -0.2) is 45.1 Å². The molecular formula is C22H25N3O6. The Labute approximate surface area is 180 Å². The Morgan fingerprint density at radius 2 is 1.77 bits per heavy atom. The number of methoxy groups -OCH3 is 2. The van der Waals surface area contributed by atoms with Crippen LogP contribution in [0.5, 0.6) is 23.0 Å². The molecule has 1 aliphatic heterocycles. The number of nitrogens with one attached hydrogen (secondary N) is 2. The van der Waals surface area contributed by atoms with Crippen LogP contribution in [0.15, 0.2) is 41.5 Å². The molecule has 0 unspecified atom stereocenters. The number of fused-ring (bicyclic) bond motifs is 1. The average Bonchev–Trinajstić information content (AvgIpc) is 3.24. The molecule has 1 heterocycles. The van der Waals surface area contributed by atoms with Crippen LogP contribution in [0.1, 0.15) is 29.8 Å². The fraction of sp³-hybridized carbons (Fsp3) is 0.318. The summed E-state index contributed by atoms with van der Waals surface area (Å²) in [6, 6.07) is 9.34. The van der Waals surface area contributed by atoms with E-state index >= 15 is 0 Å². The summed E-state index contributed by atoms with van der Waals surface area (Å²) < 4.78 is 21.0. The summed E-state index contributed by atoms with van der Waals surface area (Å²) in [5.74, 6) is 1.24. The number of amides is 2. The average molecular weight is 427 g/mol. The molecule has 1 aliphatic rings. The van der Waals surface area contributed by atoms with E-state index < -0.39 is 17.9 Å². The zero-order chi connectivity index (χ0) is 22.4. The standard InChI is InChI=1S/C22H25N3O6/c1-13(2)20(24-21(26)15-6-8-17-19(10-15)31-12-30-17)22(27)25-23-11-14-5-7-16(28-3)18(9-14)29-4/h5-11,13,20H,12H2,1-4H3,(H,24,26)(H,25,27)/t20-/m0/s1. The number of benzene rings is 2. The maximum atomic E-state index is 12.6. The van der Waals surface area contributed by atoms with Crippen LogP contribution < -0.4 is 29.7 Å². The molecule has 0 spiro atoms. The third-order valence-electron chi connectivity index (χ3n) is 4.67. The maximum Gasteiger partial charge on any atom is 0.262 e. The predicted molar refractivity (Wildman–Crippen MR) is 114 cm³/mol. The van der Waals surface area contributed by atoms with Gasteiger partial charge in [-0.2, -0.15) is 5.10 Å². The van der Waals surface area contributed by atoms with Gasteiger partial charge in [0.1, 0.15) is 6.04 Å². The second-order valence-electron chi connectivity index (χ2n) is 7.11. The van der Waals surface area contributed by atoms with E-state index in [1.807, 2.05) is 13.8 Å². The van der Waals surface area contributed by atoms with E-state index in [0.29, 0.717) is 34.1 Å². The van der Waals surface area contributed by atoms with Crippen LogP contribution in [0.25, 0.3) is 0 Å². The second kappa shape index (κ2) is 9.84. The summed E-state index contributed by atoms with van der Waals surface area (Å²) in [6.45, 7) is 3.79. The Hall–Kier alpha value is -3.75. The molecule has 1 atom stereocenters. The summed E-state index contributed by atoms with van der Waals surface area (Å²) in [6.07, 6.45) is 1.48. The smallest absolute Gasteiger partial charge is 0.262 e. The van der Waals surface area contributed by atoms with Gasteiger partial charge in [0, 0.05) is 5.56 Å². The van der Waals surface area contributed by atoms with Crippen molar-refractivity contribution in [2.75, 3.05) is 21.0 Å². The van der Waals surface area contributed by atoms with E-state index in [1.54, 1.807) is 43.5 Å². The van der Waals surface area contributed by atoms with Gasteiger partial charge in [0.15, 0.2) is 23.0 Å². The highest BCUT2D eigenvalue weighted by Crippen LogP contribution is 2.32. The van der Waals surface area contributed by atoms with E-state index in [2.05, 4.69) is 15.8 Å². The van der Waals surface area contributed by atoms with Crippen LogP contribution in [0, 0.1) is 5.92 Å². The molecule has 2 amide bonds. The Balaban J connectivity index is 1.64. The van der Waals surface area contributed by atoms with Crippen molar-refractivity contribution >= 4 is 18.0 Å². The molecule has 9 heteroatoms. The minimum absolute atomic E-state index is 0.121. The molecule has 9 nitrogen and oxygen atoms in total. The van der Waals surface area contributed by atoms with Crippen molar-refractivity contribution in [2.24, 2.45) is 11.0 Å². The van der Waals surface area contributed by atoms with Gasteiger partial charge in [-0.25, -0.2) is 5.43 Å². The van der Waals surface area contributed by atoms with Crippen molar-refractivity contribution in [1.82, 2.24) is 10.7 Å². The summed E-state index contributed by atoms with van der Waals surface area (Å²) in [5.41, 5.74) is 3.56. The number of hydrogen-bond acceptors (Lipinski definition) is 7. The predicted octanol–water partition coefficient (Wildman–Crippen LogP) is 2.34. The van der Waals surface area contributed by atoms with Crippen molar-refractivity contribution in [2.45, 2.75) is 19.9 Å². The molecule has 0 bridgehead atoms. The van der Waals surface area contributed by atoms with Crippen molar-refractivity contribution in [3.05, 3.63) is 47.5 Å². The SMILES string of the molecule is COc1ccc(C=NNC(=O)[C@@H](NC(=O)c2ccc3c(c2)OCO3)C(C)C)cc1OC. The van der Waals surface area contributed by atoms with Gasteiger partial charge in [0.25, 0.3) is 11.8 Å². The fourth-order valence-electron chi connectivity index (χ4n) is 2.97. The number of hydrazone groups is 1. The summed E-state index contributed by atoms with van der Waals surface area (Å²) in [5, 5.41) is 6.74. The third-order valence-corrected chi connectivity index (χ3v) is 4.67. The molecule has 0 aliphatic carbocycles. The lowest BCUT2D eigenvalue weighted by Gasteiger charge is -2.20. The Bertz CT molecular complexity index is 989. The molecule has 0 saturated heterocycles. The van der Waals surface area contributed by atoms with Crippen molar-refractivity contribution in [1.29, 1.82) is 0 Å². The van der Waals surface area contributed by atoms with Gasteiger partial charge in [-0.3, -0.25) is 9.59 Å². The zero-order valence-corrected chi connectivity index (χ0v) is 17.8. The molecule has 2 N–H and O–H groups in total. The monoisotopic (exact) mass is 427 g/mol. The molecule has 2 aromatic carbocycles. The Morgan fingerprint density at radius 1 is 1.03 bits per heavy atom. The topological polar surface area (TPSA) is 107 Å². The Kier molecular flexibility index (Phi) is 6.96. The maximum absolute atomic E-state index is 12.6. The van der Waals surface area contributed by atoms with Crippen molar-refractivity contribution < 1.29 is 28.5 Å². The van der Waals surface area contributed by atoms with Crippen LogP contribution in [0.2, 0.25) is 0 Å². The molecule has 3 rings (SSSR count). The highest BCUT2D eigenvalue weighted by Gasteiger charge is 2.25. The van der Waals surface area contributed by atoms with Crippen molar-refractivity contribution in [3.8, 4) is 23.0 Å². The molecule has 0 aromatic heterocycles. The van der Waals surface area contributed by atoms with Crippen LogP contribution in [0.3, 0.4) is 0 Å². The lowest BCUT2D eigenvalue weighted by molar-refractivity contribution is -0.123. The molecule has 2 aromatic rings. The molecule has 164 valence electrons. The lowest BCUT2D eigenvalue weighted by atomic mass is 10.0. The fourth-order valence-corrected chi connectivity index (χ4v) is 2.97. The van der Waals surface area contributed by atoms with Crippen molar-refractivity contribution in [3.63, 3.8) is 0 Å². The molecule has 31 heavy (non-hydrogen) atoms. The minimum atomic E-state index is -0.777.